The van der Waals surface area contributed by atoms with E-state index in [0.29, 0.717) is 18.0 Å². The van der Waals surface area contributed by atoms with Crippen LogP contribution in [0.3, 0.4) is 0 Å². The second-order valence-corrected chi connectivity index (χ2v) is 7.31. The molecule has 0 saturated carbocycles. The number of rotatable bonds is 4. The van der Waals surface area contributed by atoms with Crippen LogP contribution in [0.25, 0.3) is 17.0 Å². The standard InChI is InChI=1S/C21H17FN2O2S/c1-2-24-20(25)19(27-21(24)26)12-14-6-7-18-16(10-14)8-9-23(18)13-15-4-3-5-17(22)11-15/h3-12H,2,13H2,1H3/b19-12+. The molecule has 0 spiro atoms. The number of carbonyl (C=O) groups excluding carboxylic acids is 2. The number of imide groups is 1. The number of fused-ring (bicyclic) bond motifs is 1. The fourth-order valence-corrected chi connectivity index (χ4v) is 4.11. The van der Waals surface area contributed by atoms with Gasteiger partial charge in [-0.15, -0.1) is 0 Å². The Kier molecular flexibility index (Phi) is 4.58. The summed E-state index contributed by atoms with van der Waals surface area (Å²) in [5, 5.41) is 0.797. The molecule has 1 aliphatic heterocycles. The van der Waals surface area contributed by atoms with E-state index in [1.165, 1.54) is 17.0 Å². The highest BCUT2D eigenvalue weighted by Crippen LogP contribution is 2.32. The molecule has 2 heterocycles. The smallest absolute Gasteiger partial charge is 0.293 e. The van der Waals surface area contributed by atoms with Crippen molar-refractivity contribution in [2.45, 2.75) is 13.5 Å². The number of carbonyl (C=O) groups is 2. The van der Waals surface area contributed by atoms with Gasteiger partial charge in [0.15, 0.2) is 0 Å². The Morgan fingerprint density at radius 1 is 1.11 bits per heavy atom. The highest BCUT2D eigenvalue weighted by atomic mass is 32.2. The van der Waals surface area contributed by atoms with Gasteiger partial charge in [-0.05, 0) is 66.2 Å². The molecule has 1 aliphatic rings. The first-order valence-corrected chi connectivity index (χ1v) is 9.45. The van der Waals surface area contributed by atoms with E-state index in [1.807, 2.05) is 36.5 Å². The highest BCUT2D eigenvalue weighted by molar-refractivity contribution is 8.18. The summed E-state index contributed by atoms with van der Waals surface area (Å²) in [6.45, 7) is 2.74. The largest absolute Gasteiger partial charge is 0.343 e. The Morgan fingerprint density at radius 2 is 1.96 bits per heavy atom. The SMILES string of the molecule is CCN1C(=O)S/C(=C/c2ccc3c(ccn3Cc3cccc(F)c3)c2)C1=O. The minimum Gasteiger partial charge on any atom is -0.343 e. The molecule has 0 aliphatic carbocycles. The second-order valence-electron chi connectivity index (χ2n) is 6.32. The van der Waals surface area contributed by atoms with E-state index in [1.54, 1.807) is 19.1 Å². The monoisotopic (exact) mass is 380 g/mol. The Hall–Kier alpha value is -2.86. The molecule has 0 radical (unpaired) electrons. The first kappa shape index (κ1) is 17.5. The van der Waals surface area contributed by atoms with E-state index in [0.717, 1.165) is 33.8 Å². The number of benzene rings is 2. The number of amides is 2. The molecule has 4 nitrogen and oxygen atoms in total. The zero-order valence-electron chi connectivity index (χ0n) is 14.7. The third-order valence-electron chi connectivity index (χ3n) is 4.52. The lowest BCUT2D eigenvalue weighted by Gasteiger charge is -2.07. The summed E-state index contributed by atoms with van der Waals surface area (Å²) < 4.78 is 15.5. The number of thioether (sulfide) groups is 1. The van der Waals surface area contributed by atoms with Gasteiger partial charge in [-0.2, -0.15) is 0 Å². The van der Waals surface area contributed by atoms with Crippen molar-refractivity contribution in [3.8, 4) is 0 Å². The molecule has 1 fully saturated rings. The van der Waals surface area contributed by atoms with Gasteiger partial charge < -0.3 is 4.57 Å². The van der Waals surface area contributed by atoms with Crippen LogP contribution in [0.15, 0.2) is 59.6 Å². The molecule has 2 amide bonds. The van der Waals surface area contributed by atoms with Gasteiger partial charge in [0.2, 0.25) is 0 Å². The second kappa shape index (κ2) is 7.04. The lowest BCUT2D eigenvalue weighted by atomic mass is 10.1. The minimum absolute atomic E-state index is 0.226. The van der Waals surface area contributed by atoms with Gasteiger partial charge >= 0.3 is 0 Å². The molecule has 6 heteroatoms. The van der Waals surface area contributed by atoms with Gasteiger partial charge in [-0.25, -0.2) is 4.39 Å². The Bertz CT molecular complexity index is 1090. The van der Waals surface area contributed by atoms with E-state index < -0.39 is 0 Å². The van der Waals surface area contributed by atoms with E-state index >= 15 is 0 Å². The summed E-state index contributed by atoms with van der Waals surface area (Å²) in [6, 6.07) is 14.4. The van der Waals surface area contributed by atoms with Crippen LogP contribution in [0.2, 0.25) is 0 Å². The predicted molar refractivity (Wildman–Crippen MR) is 106 cm³/mol. The van der Waals surface area contributed by atoms with Gasteiger partial charge in [0.05, 0.1) is 4.91 Å². The lowest BCUT2D eigenvalue weighted by Crippen LogP contribution is -2.27. The molecule has 1 saturated heterocycles. The first-order valence-electron chi connectivity index (χ1n) is 8.64. The maximum Gasteiger partial charge on any atom is 0.293 e. The molecule has 1 aromatic heterocycles. The van der Waals surface area contributed by atoms with Crippen molar-refractivity contribution in [3.63, 3.8) is 0 Å². The van der Waals surface area contributed by atoms with Crippen molar-refractivity contribution in [3.05, 3.63) is 76.6 Å². The van der Waals surface area contributed by atoms with Gasteiger partial charge in [0.1, 0.15) is 5.82 Å². The fourth-order valence-electron chi connectivity index (χ4n) is 3.20. The molecule has 4 rings (SSSR count). The Labute approximate surface area is 160 Å². The average Bonchev–Trinajstić information content (AvgIpc) is 3.15. The van der Waals surface area contributed by atoms with Crippen molar-refractivity contribution in [2.24, 2.45) is 0 Å². The third kappa shape index (κ3) is 3.40. The van der Waals surface area contributed by atoms with Crippen molar-refractivity contribution in [2.75, 3.05) is 6.54 Å². The fraction of sp³-hybridized carbons (Fsp3) is 0.143. The first-order chi connectivity index (χ1) is 13.0. The summed E-state index contributed by atoms with van der Waals surface area (Å²) in [7, 11) is 0. The van der Waals surface area contributed by atoms with E-state index in [-0.39, 0.29) is 17.0 Å². The van der Waals surface area contributed by atoms with Crippen LogP contribution in [0.5, 0.6) is 0 Å². The maximum absolute atomic E-state index is 13.4. The summed E-state index contributed by atoms with van der Waals surface area (Å²) in [5.74, 6) is -0.483. The molecular weight excluding hydrogens is 363 g/mol. The van der Waals surface area contributed by atoms with Crippen LogP contribution in [0, 0.1) is 5.82 Å². The van der Waals surface area contributed by atoms with E-state index in [9.17, 15) is 14.0 Å². The molecule has 0 bridgehead atoms. The summed E-state index contributed by atoms with van der Waals surface area (Å²) in [4.78, 5) is 25.7. The molecule has 0 atom stereocenters. The van der Waals surface area contributed by atoms with Crippen LogP contribution in [-0.2, 0) is 11.3 Å². The number of hydrogen-bond acceptors (Lipinski definition) is 3. The zero-order chi connectivity index (χ0) is 19.0. The summed E-state index contributed by atoms with van der Waals surface area (Å²) in [5.41, 5.74) is 2.79. The van der Waals surface area contributed by atoms with Gasteiger partial charge in [-0.1, -0.05) is 18.2 Å². The molecule has 0 N–H and O–H groups in total. The lowest BCUT2D eigenvalue weighted by molar-refractivity contribution is -0.122. The number of hydrogen-bond donors (Lipinski definition) is 0. The normalized spacial score (nSPS) is 16.1. The topological polar surface area (TPSA) is 42.3 Å². The highest BCUT2D eigenvalue weighted by Gasteiger charge is 2.33. The quantitative estimate of drug-likeness (QED) is 0.606. The van der Waals surface area contributed by atoms with Crippen molar-refractivity contribution < 1.29 is 14.0 Å². The van der Waals surface area contributed by atoms with E-state index in [4.69, 9.17) is 0 Å². The summed E-state index contributed by atoms with van der Waals surface area (Å²) in [6.07, 6.45) is 3.72. The zero-order valence-corrected chi connectivity index (χ0v) is 15.5. The van der Waals surface area contributed by atoms with Crippen LogP contribution >= 0.6 is 11.8 Å². The Balaban J connectivity index is 1.62. The molecular formula is C21H17FN2O2S. The van der Waals surface area contributed by atoms with Crippen LogP contribution in [0.4, 0.5) is 9.18 Å². The molecule has 27 heavy (non-hydrogen) atoms. The van der Waals surface area contributed by atoms with Crippen molar-refractivity contribution in [1.29, 1.82) is 0 Å². The van der Waals surface area contributed by atoms with Crippen LogP contribution in [-0.4, -0.2) is 27.2 Å². The van der Waals surface area contributed by atoms with Crippen molar-refractivity contribution >= 4 is 39.9 Å². The number of nitrogens with zero attached hydrogens (tertiary/aromatic N) is 2. The predicted octanol–water partition coefficient (Wildman–Crippen LogP) is 4.88. The van der Waals surface area contributed by atoms with Gasteiger partial charge in [-0.3, -0.25) is 14.5 Å². The number of halogens is 1. The molecule has 0 unspecified atom stereocenters. The number of aromatic nitrogens is 1. The Morgan fingerprint density at radius 3 is 2.70 bits per heavy atom. The van der Waals surface area contributed by atoms with E-state index in [2.05, 4.69) is 4.57 Å². The molecule has 136 valence electrons. The molecule has 2 aromatic carbocycles. The van der Waals surface area contributed by atoms with Gasteiger partial charge in [0, 0.05) is 30.2 Å². The third-order valence-corrected chi connectivity index (χ3v) is 5.43. The molecule has 3 aromatic rings. The average molecular weight is 380 g/mol. The van der Waals surface area contributed by atoms with Crippen LogP contribution < -0.4 is 0 Å². The maximum atomic E-state index is 13.4. The minimum atomic E-state index is -0.243. The van der Waals surface area contributed by atoms with Crippen LogP contribution in [0.1, 0.15) is 18.1 Å². The number of likely N-dealkylation sites (N-methyl/N-ethyl adjacent to an activating group) is 1. The summed E-state index contributed by atoms with van der Waals surface area (Å²) >= 11 is 0.973. The van der Waals surface area contributed by atoms with Gasteiger partial charge in [0.25, 0.3) is 11.1 Å². The van der Waals surface area contributed by atoms with Crippen molar-refractivity contribution in [1.82, 2.24) is 9.47 Å².